The Kier molecular flexibility index (Phi) is 9.15. The summed E-state index contributed by atoms with van der Waals surface area (Å²) in [5.74, 6) is -1.31. The van der Waals surface area contributed by atoms with Crippen molar-refractivity contribution in [2.75, 3.05) is 6.61 Å². The van der Waals surface area contributed by atoms with Gasteiger partial charge in [-0.25, -0.2) is 18.4 Å². The number of nitrogens with two attached hydrogens (primary N) is 1. The highest BCUT2D eigenvalue weighted by Gasteiger charge is 2.20. The molecular formula is C27H30ClF2N5OSi. The summed E-state index contributed by atoms with van der Waals surface area (Å²) in [7, 11) is -1.21. The molecule has 0 spiro atoms. The summed E-state index contributed by atoms with van der Waals surface area (Å²) in [4.78, 5) is 4.81. The van der Waals surface area contributed by atoms with Gasteiger partial charge in [-0.05, 0) is 53.9 Å². The van der Waals surface area contributed by atoms with Crippen LogP contribution in [0.2, 0.25) is 25.7 Å². The van der Waals surface area contributed by atoms with Crippen LogP contribution in [0, 0.1) is 23.0 Å². The first kappa shape index (κ1) is 28.4. The smallest absolute Gasteiger partial charge is 0.140 e. The molecule has 37 heavy (non-hydrogen) atoms. The number of halogens is 3. The highest BCUT2D eigenvalue weighted by atomic mass is 35.5. The molecule has 0 amide bonds. The molecule has 2 aromatic carbocycles. The summed E-state index contributed by atoms with van der Waals surface area (Å²) in [6.07, 6.45) is 1.84. The number of pyridine rings is 1. The van der Waals surface area contributed by atoms with Crippen molar-refractivity contribution in [2.24, 2.45) is 5.73 Å². The number of nitrogens with zero attached hydrogens (tertiary/aromatic N) is 4. The SMILES string of the molecule is C[Si](C)(C)CCOCn1ncc2nc(C(N)Cc3cc(F)cc(F)c3)c(-c3cccc(C#N)c3)cc21.Cl. The molecule has 4 rings (SSSR count). The van der Waals surface area contributed by atoms with E-state index < -0.39 is 25.8 Å². The van der Waals surface area contributed by atoms with Gasteiger partial charge in [-0.3, -0.25) is 0 Å². The molecular weight excluding hydrogens is 512 g/mol. The number of ether oxygens (including phenoxy) is 1. The van der Waals surface area contributed by atoms with Crippen LogP contribution in [0.15, 0.2) is 54.7 Å². The van der Waals surface area contributed by atoms with E-state index in [1.807, 2.05) is 12.1 Å². The van der Waals surface area contributed by atoms with Gasteiger partial charge in [-0.15, -0.1) is 12.4 Å². The Labute approximate surface area is 222 Å². The Morgan fingerprint density at radius 2 is 1.84 bits per heavy atom. The fraction of sp³-hybridized carbons (Fsp3) is 0.296. The molecule has 0 bridgehead atoms. The molecule has 0 saturated heterocycles. The van der Waals surface area contributed by atoms with Crippen molar-refractivity contribution in [1.82, 2.24) is 14.8 Å². The van der Waals surface area contributed by atoms with E-state index in [1.54, 1.807) is 29.1 Å². The molecule has 0 saturated carbocycles. The minimum atomic E-state index is -1.21. The molecule has 2 N–H and O–H groups in total. The zero-order valence-electron chi connectivity index (χ0n) is 21.0. The highest BCUT2D eigenvalue weighted by Crippen LogP contribution is 2.32. The van der Waals surface area contributed by atoms with Crippen molar-refractivity contribution in [3.63, 3.8) is 0 Å². The summed E-state index contributed by atoms with van der Waals surface area (Å²) < 4.78 is 35.2. The molecule has 1 atom stereocenters. The van der Waals surface area contributed by atoms with Crippen LogP contribution in [0.1, 0.15) is 22.9 Å². The lowest BCUT2D eigenvalue weighted by atomic mass is 9.95. The van der Waals surface area contributed by atoms with Gasteiger partial charge < -0.3 is 10.5 Å². The molecule has 0 aliphatic heterocycles. The van der Waals surface area contributed by atoms with E-state index >= 15 is 0 Å². The molecule has 0 aliphatic carbocycles. The second-order valence-electron chi connectivity index (χ2n) is 10.1. The van der Waals surface area contributed by atoms with E-state index in [0.29, 0.717) is 35.7 Å². The standard InChI is InChI=1S/C27H29F2N5OSi.ClH/c1-36(2,3)8-7-35-17-34-26-14-23(20-6-4-5-18(9-20)15-30)27(33-25(26)16-32-34)24(31)12-19-10-21(28)13-22(29)11-19;/h4-6,9-11,13-14,16,24H,7-8,12,17,31H2,1-3H3;1H. The predicted octanol–water partition coefficient (Wildman–Crippen LogP) is 6.22. The lowest BCUT2D eigenvalue weighted by Crippen LogP contribution is -2.22. The third kappa shape index (κ3) is 7.20. The predicted molar refractivity (Wildman–Crippen MR) is 146 cm³/mol. The van der Waals surface area contributed by atoms with Gasteiger partial charge in [0.1, 0.15) is 23.9 Å². The molecule has 4 aromatic rings. The van der Waals surface area contributed by atoms with Crippen molar-refractivity contribution >= 4 is 31.5 Å². The number of aromatic nitrogens is 3. The van der Waals surface area contributed by atoms with Gasteiger partial charge in [0.05, 0.1) is 35.1 Å². The van der Waals surface area contributed by atoms with E-state index in [9.17, 15) is 14.0 Å². The lowest BCUT2D eigenvalue weighted by Gasteiger charge is -2.18. The highest BCUT2D eigenvalue weighted by molar-refractivity contribution is 6.76. The fourth-order valence-corrected chi connectivity index (χ4v) is 4.76. The molecule has 194 valence electrons. The molecule has 6 nitrogen and oxygen atoms in total. The van der Waals surface area contributed by atoms with Gasteiger partial charge in [0.15, 0.2) is 0 Å². The molecule has 2 heterocycles. The minimum Gasteiger partial charge on any atom is -0.360 e. The summed E-state index contributed by atoms with van der Waals surface area (Å²) in [6.45, 7) is 7.85. The zero-order chi connectivity index (χ0) is 25.9. The topological polar surface area (TPSA) is 89.8 Å². The third-order valence-electron chi connectivity index (χ3n) is 5.90. The largest absolute Gasteiger partial charge is 0.360 e. The van der Waals surface area contributed by atoms with Crippen LogP contribution in [0.25, 0.3) is 22.2 Å². The van der Waals surface area contributed by atoms with Crippen LogP contribution in [0.3, 0.4) is 0 Å². The second kappa shape index (κ2) is 11.9. The number of fused-ring (bicyclic) bond motifs is 1. The van der Waals surface area contributed by atoms with Crippen molar-refractivity contribution in [3.05, 3.63) is 83.2 Å². The normalized spacial score (nSPS) is 12.2. The lowest BCUT2D eigenvalue weighted by molar-refractivity contribution is 0.0817. The van der Waals surface area contributed by atoms with Crippen molar-refractivity contribution in [3.8, 4) is 17.2 Å². The summed E-state index contributed by atoms with van der Waals surface area (Å²) in [5, 5.41) is 13.9. The van der Waals surface area contributed by atoms with Crippen molar-refractivity contribution in [2.45, 2.75) is 44.9 Å². The maximum Gasteiger partial charge on any atom is 0.140 e. The number of rotatable bonds is 9. The summed E-state index contributed by atoms with van der Waals surface area (Å²) >= 11 is 0. The number of benzene rings is 2. The molecule has 2 aromatic heterocycles. The summed E-state index contributed by atoms with van der Waals surface area (Å²) in [6, 6.07) is 15.1. The molecule has 0 radical (unpaired) electrons. The van der Waals surface area contributed by atoms with E-state index in [2.05, 4.69) is 30.8 Å². The van der Waals surface area contributed by atoms with E-state index in [4.69, 9.17) is 15.5 Å². The molecule has 0 fully saturated rings. The van der Waals surface area contributed by atoms with E-state index in [0.717, 1.165) is 28.8 Å². The first-order valence-electron chi connectivity index (χ1n) is 11.8. The summed E-state index contributed by atoms with van der Waals surface area (Å²) in [5.41, 5.74) is 11.0. The molecule has 10 heteroatoms. The van der Waals surface area contributed by atoms with Gasteiger partial charge in [-0.2, -0.15) is 10.4 Å². The number of nitriles is 1. The van der Waals surface area contributed by atoms with Crippen molar-refractivity contribution < 1.29 is 13.5 Å². The van der Waals surface area contributed by atoms with Crippen LogP contribution < -0.4 is 5.73 Å². The first-order valence-corrected chi connectivity index (χ1v) is 15.5. The van der Waals surface area contributed by atoms with Crippen LogP contribution >= 0.6 is 12.4 Å². The van der Waals surface area contributed by atoms with Gasteiger partial charge in [0.2, 0.25) is 0 Å². The third-order valence-corrected chi connectivity index (χ3v) is 7.60. The molecule has 0 aliphatic rings. The Morgan fingerprint density at radius 1 is 1.11 bits per heavy atom. The average molecular weight is 542 g/mol. The van der Waals surface area contributed by atoms with E-state index in [1.165, 1.54) is 12.1 Å². The van der Waals surface area contributed by atoms with Crippen LogP contribution in [-0.4, -0.2) is 29.4 Å². The van der Waals surface area contributed by atoms with E-state index in [-0.39, 0.29) is 18.8 Å². The number of hydrogen-bond donors (Lipinski definition) is 1. The second-order valence-corrected chi connectivity index (χ2v) is 15.7. The zero-order valence-corrected chi connectivity index (χ0v) is 22.9. The Bertz CT molecular complexity index is 1410. The van der Waals surface area contributed by atoms with Gasteiger partial charge in [0.25, 0.3) is 0 Å². The Morgan fingerprint density at radius 3 is 2.51 bits per heavy atom. The molecule has 1 unspecified atom stereocenters. The Balaban J connectivity index is 0.00000380. The Hall–Kier alpha value is -3.16. The van der Waals surface area contributed by atoms with Crippen LogP contribution in [-0.2, 0) is 17.9 Å². The monoisotopic (exact) mass is 541 g/mol. The maximum absolute atomic E-state index is 13.8. The average Bonchev–Trinajstić information content (AvgIpc) is 3.21. The first-order chi connectivity index (χ1) is 17.1. The van der Waals surface area contributed by atoms with Gasteiger partial charge >= 0.3 is 0 Å². The minimum absolute atomic E-state index is 0. The van der Waals surface area contributed by atoms with Gasteiger partial charge in [0, 0.05) is 26.3 Å². The fourth-order valence-electron chi connectivity index (χ4n) is 4.00. The van der Waals surface area contributed by atoms with Crippen LogP contribution in [0.4, 0.5) is 8.78 Å². The maximum atomic E-state index is 13.8. The number of hydrogen-bond acceptors (Lipinski definition) is 5. The quantitative estimate of drug-likeness (QED) is 0.200. The van der Waals surface area contributed by atoms with Crippen molar-refractivity contribution in [1.29, 1.82) is 5.26 Å². The van der Waals surface area contributed by atoms with Crippen LogP contribution in [0.5, 0.6) is 0 Å². The van der Waals surface area contributed by atoms with Gasteiger partial charge in [-0.1, -0.05) is 31.8 Å².